The minimum Gasteiger partial charge on any atom is -0.292 e. The summed E-state index contributed by atoms with van der Waals surface area (Å²) in [4.78, 5) is 6.84. The Bertz CT molecular complexity index is 405. The number of aromatic nitrogens is 3. The molecular weight excluding hydrogens is 212 g/mol. The lowest BCUT2D eigenvalue weighted by Crippen LogP contribution is -2.33. The van der Waals surface area contributed by atoms with Crippen molar-refractivity contribution in [1.82, 2.24) is 20.1 Å². The molecule has 0 radical (unpaired) electrons. The molecule has 1 fully saturated rings. The summed E-state index contributed by atoms with van der Waals surface area (Å²) in [6.45, 7) is 7.16. The largest absolute Gasteiger partial charge is 0.292 e. The van der Waals surface area contributed by atoms with Crippen molar-refractivity contribution in [3.05, 3.63) is 11.6 Å². The van der Waals surface area contributed by atoms with Gasteiger partial charge in [-0.05, 0) is 32.9 Å². The van der Waals surface area contributed by atoms with Gasteiger partial charge >= 0.3 is 0 Å². The van der Waals surface area contributed by atoms with E-state index in [9.17, 15) is 0 Å². The maximum atomic E-state index is 4.42. The molecule has 0 aromatic carbocycles. The van der Waals surface area contributed by atoms with Gasteiger partial charge in [-0.1, -0.05) is 12.8 Å². The zero-order valence-electron chi connectivity index (χ0n) is 10.7. The zero-order valence-corrected chi connectivity index (χ0v) is 10.7. The minimum absolute atomic E-state index is 0.523. The molecule has 1 aromatic heterocycles. The Hall–Kier alpha value is -1.34. The highest BCUT2D eigenvalue weighted by Gasteiger charge is 2.22. The van der Waals surface area contributed by atoms with Crippen LogP contribution in [-0.4, -0.2) is 39.7 Å². The van der Waals surface area contributed by atoms with Gasteiger partial charge in [-0.2, -0.15) is 5.10 Å². The molecule has 0 spiro atoms. The van der Waals surface area contributed by atoms with E-state index in [0.29, 0.717) is 5.92 Å². The maximum absolute atomic E-state index is 4.42. The van der Waals surface area contributed by atoms with Crippen LogP contribution >= 0.6 is 0 Å². The van der Waals surface area contributed by atoms with Gasteiger partial charge in [0.05, 0.1) is 6.54 Å². The molecule has 2 heterocycles. The summed E-state index contributed by atoms with van der Waals surface area (Å²) in [5.74, 6) is 8.75. The number of piperidine rings is 1. The van der Waals surface area contributed by atoms with Crippen molar-refractivity contribution in [3.63, 3.8) is 0 Å². The lowest BCUT2D eigenvalue weighted by molar-refractivity contribution is 0.232. The fourth-order valence-corrected chi connectivity index (χ4v) is 2.18. The summed E-state index contributed by atoms with van der Waals surface area (Å²) in [6, 6.07) is 0. The summed E-state index contributed by atoms with van der Waals surface area (Å²) in [7, 11) is 0. The molecule has 0 aliphatic carbocycles. The van der Waals surface area contributed by atoms with E-state index < -0.39 is 0 Å². The van der Waals surface area contributed by atoms with E-state index >= 15 is 0 Å². The van der Waals surface area contributed by atoms with Gasteiger partial charge in [0.1, 0.15) is 5.82 Å². The lowest BCUT2D eigenvalue weighted by atomic mass is 9.96. The lowest BCUT2D eigenvalue weighted by Gasteiger charge is -2.29. The third-order valence-corrected chi connectivity index (χ3v) is 3.17. The fraction of sp³-hybridized carbons (Fsp3) is 0.692. The number of hydrogen-bond donors (Lipinski definition) is 1. The summed E-state index contributed by atoms with van der Waals surface area (Å²) in [5.41, 5.74) is 0. The summed E-state index contributed by atoms with van der Waals surface area (Å²) < 4.78 is 0. The molecule has 4 nitrogen and oxygen atoms in total. The average molecular weight is 232 g/mol. The first-order valence-electron chi connectivity index (χ1n) is 6.36. The second-order valence-corrected chi connectivity index (χ2v) is 4.54. The van der Waals surface area contributed by atoms with Crippen molar-refractivity contribution in [2.45, 2.75) is 39.0 Å². The Morgan fingerprint density at radius 3 is 2.71 bits per heavy atom. The predicted octanol–water partition coefficient (Wildman–Crippen LogP) is 1.71. The molecular formula is C13H20N4. The summed E-state index contributed by atoms with van der Waals surface area (Å²) in [5, 5.41) is 7.18. The normalized spacial score (nSPS) is 17.8. The van der Waals surface area contributed by atoms with Crippen LogP contribution in [0, 0.1) is 18.8 Å². The van der Waals surface area contributed by atoms with E-state index in [1.165, 1.54) is 0 Å². The fourth-order valence-electron chi connectivity index (χ4n) is 2.18. The van der Waals surface area contributed by atoms with Crippen molar-refractivity contribution in [3.8, 4) is 11.8 Å². The number of nitrogens with one attached hydrogen (secondary N) is 1. The smallest absolute Gasteiger partial charge is 0.153 e. The van der Waals surface area contributed by atoms with Crippen molar-refractivity contribution < 1.29 is 0 Å². The number of hydrogen-bond acceptors (Lipinski definition) is 3. The highest BCUT2D eigenvalue weighted by molar-refractivity contribution is 5.03. The highest BCUT2D eigenvalue weighted by atomic mass is 15.2. The Morgan fingerprint density at radius 1 is 1.35 bits per heavy atom. The van der Waals surface area contributed by atoms with Crippen LogP contribution in [0.25, 0.3) is 0 Å². The van der Waals surface area contributed by atoms with E-state index in [0.717, 1.165) is 50.5 Å². The monoisotopic (exact) mass is 232 g/mol. The van der Waals surface area contributed by atoms with Gasteiger partial charge in [-0.25, -0.2) is 4.98 Å². The predicted molar refractivity (Wildman–Crippen MR) is 67.6 cm³/mol. The molecule has 0 atom stereocenters. The Balaban J connectivity index is 1.82. The Kier molecular flexibility index (Phi) is 4.16. The molecule has 0 unspecified atom stereocenters. The maximum Gasteiger partial charge on any atom is 0.153 e. The van der Waals surface area contributed by atoms with Crippen LogP contribution in [0.4, 0.5) is 0 Å². The van der Waals surface area contributed by atoms with Crippen molar-refractivity contribution >= 4 is 0 Å². The van der Waals surface area contributed by atoms with Crippen LogP contribution < -0.4 is 0 Å². The second-order valence-electron chi connectivity index (χ2n) is 4.54. The molecule has 17 heavy (non-hydrogen) atoms. The molecule has 1 aliphatic heterocycles. The van der Waals surface area contributed by atoms with Crippen molar-refractivity contribution in [2.75, 3.05) is 19.6 Å². The average Bonchev–Trinajstić information content (AvgIpc) is 2.77. The van der Waals surface area contributed by atoms with Crippen LogP contribution in [-0.2, 0) is 0 Å². The SMILES string of the molecule is CCC#CCN1CCC(c2n[nH]c(C)n2)CC1. The molecule has 4 heteroatoms. The molecule has 0 saturated carbocycles. The highest BCUT2D eigenvalue weighted by Crippen LogP contribution is 2.24. The van der Waals surface area contributed by atoms with Gasteiger partial charge in [0.15, 0.2) is 5.82 Å². The van der Waals surface area contributed by atoms with Gasteiger partial charge < -0.3 is 0 Å². The van der Waals surface area contributed by atoms with Crippen LogP contribution in [0.15, 0.2) is 0 Å². The van der Waals surface area contributed by atoms with Crippen LogP contribution in [0.5, 0.6) is 0 Å². The van der Waals surface area contributed by atoms with Crippen molar-refractivity contribution in [2.24, 2.45) is 0 Å². The molecule has 0 bridgehead atoms. The van der Waals surface area contributed by atoms with Gasteiger partial charge in [0, 0.05) is 12.3 Å². The third kappa shape index (κ3) is 3.31. The van der Waals surface area contributed by atoms with E-state index in [1.807, 2.05) is 6.92 Å². The number of aromatic amines is 1. The standard InChI is InChI=1S/C13H20N4/c1-3-4-5-8-17-9-6-12(7-10-17)13-14-11(2)15-16-13/h12H,3,6-10H2,1-2H3,(H,14,15,16). The van der Waals surface area contributed by atoms with Gasteiger partial charge in [-0.3, -0.25) is 10.00 Å². The Morgan fingerprint density at radius 2 is 2.12 bits per heavy atom. The first-order valence-corrected chi connectivity index (χ1v) is 6.36. The molecule has 1 saturated heterocycles. The summed E-state index contributed by atoms with van der Waals surface area (Å²) >= 11 is 0. The van der Waals surface area contributed by atoms with Crippen LogP contribution in [0.2, 0.25) is 0 Å². The van der Waals surface area contributed by atoms with Gasteiger partial charge in [0.2, 0.25) is 0 Å². The number of H-pyrrole nitrogens is 1. The molecule has 1 aromatic rings. The zero-order chi connectivity index (χ0) is 12.1. The summed E-state index contributed by atoms with van der Waals surface area (Å²) in [6.07, 6.45) is 3.24. The van der Waals surface area contributed by atoms with Crippen LogP contribution in [0.3, 0.4) is 0 Å². The van der Waals surface area contributed by atoms with E-state index in [-0.39, 0.29) is 0 Å². The minimum atomic E-state index is 0.523. The molecule has 1 N–H and O–H groups in total. The van der Waals surface area contributed by atoms with E-state index in [4.69, 9.17) is 0 Å². The Labute approximate surface area is 103 Å². The van der Waals surface area contributed by atoms with E-state index in [1.54, 1.807) is 0 Å². The quantitative estimate of drug-likeness (QED) is 0.789. The topological polar surface area (TPSA) is 44.8 Å². The number of nitrogens with zero attached hydrogens (tertiary/aromatic N) is 3. The number of aryl methyl sites for hydroxylation is 1. The first-order chi connectivity index (χ1) is 8.29. The van der Waals surface area contributed by atoms with E-state index in [2.05, 4.69) is 38.8 Å². The van der Waals surface area contributed by atoms with Crippen molar-refractivity contribution in [1.29, 1.82) is 0 Å². The van der Waals surface area contributed by atoms with Gasteiger partial charge in [0.25, 0.3) is 0 Å². The molecule has 92 valence electrons. The first kappa shape index (κ1) is 12.1. The molecule has 2 rings (SSSR count). The van der Waals surface area contributed by atoms with Crippen LogP contribution in [0.1, 0.15) is 43.8 Å². The number of rotatable bonds is 2. The third-order valence-electron chi connectivity index (χ3n) is 3.17. The van der Waals surface area contributed by atoms with Gasteiger partial charge in [-0.15, -0.1) is 5.92 Å². The molecule has 1 aliphatic rings. The molecule has 0 amide bonds. The second kappa shape index (κ2) is 5.83. The number of likely N-dealkylation sites (tertiary alicyclic amines) is 1.